The first kappa shape index (κ1) is 16.3. The molecule has 132 valence electrons. The summed E-state index contributed by atoms with van der Waals surface area (Å²) in [7, 11) is 0. The van der Waals surface area contributed by atoms with Gasteiger partial charge in [-0.15, -0.1) is 0 Å². The quantitative estimate of drug-likeness (QED) is 0.780. The molecule has 1 aliphatic rings. The summed E-state index contributed by atoms with van der Waals surface area (Å²) in [4.78, 5) is 23.1. The Morgan fingerprint density at radius 3 is 2.54 bits per heavy atom. The minimum atomic E-state index is 0.00561. The molecule has 2 aromatic heterocycles. The van der Waals surface area contributed by atoms with E-state index >= 15 is 0 Å². The van der Waals surface area contributed by atoms with Crippen molar-refractivity contribution in [2.24, 2.45) is 0 Å². The van der Waals surface area contributed by atoms with Crippen molar-refractivity contribution in [2.45, 2.75) is 0 Å². The number of benzene rings is 1. The third-order valence-electron chi connectivity index (χ3n) is 4.32. The molecule has 26 heavy (non-hydrogen) atoms. The smallest absolute Gasteiger partial charge is 0.254 e. The largest absolute Gasteiger partial charge is 0.472 e. The average Bonchev–Trinajstić information content (AvgIpc) is 3.23. The minimum Gasteiger partial charge on any atom is -0.472 e. The zero-order valence-corrected chi connectivity index (χ0v) is 14.1. The molecule has 0 aliphatic carbocycles. The summed E-state index contributed by atoms with van der Waals surface area (Å²) in [6.07, 6.45) is 4.80. The maximum Gasteiger partial charge on any atom is 0.254 e. The Morgan fingerprint density at radius 2 is 1.85 bits per heavy atom. The number of furan rings is 1. The number of amides is 1. The molecule has 1 aromatic carbocycles. The maximum atomic E-state index is 12.5. The average molecular weight is 350 g/mol. The first-order chi connectivity index (χ1) is 12.7. The number of anilines is 1. The van der Waals surface area contributed by atoms with Gasteiger partial charge in [0.1, 0.15) is 11.5 Å². The van der Waals surface area contributed by atoms with Crippen molar-refractivity contribution in [2.75, 3.05) is 32.0 Å². The molecule has 0 unspecified atom stereocenters. The molecule has 0 bridgehead atoms. The van der Waals surface area contributed by atoms with Crippen LogP contribution in [-0.4, -0.2) is 47.1 Å². The van der Waals surface area contributed by atoms with E-state index in [4.69, 9.17) is 14.9 Å². The predicted molar refractivity (Wildman–Crippen MR) is 96.3 cm³/mol. The zero-order valence-electron chi connectivity index (χ0n) is 14.1. The summed E-state index contributed by atoms with van der Waals surface area (Å²) < 4.78 is 10.4. The van der Waals surface area contributed by atoms with E-state index < -0.39 is 0 Å². The van der Waals surface area contributed by atoms with Gasteiger partial charge in [0.05, 0.1) is 37.6 Å². The lowest BCUT2D eigenvalue weighted by Crippen LogP contribution is -2.40. The van der Waals surface area contributed by atoms with E-state index in [0.29, 0.717) is 49.1 Å². The van der Waals surface area contributed by atoms with Crippen LogP contribution < -0.4 is 5.73 Å². The highest BCUT2D eigenvalue weighted by Crippen LogP contribution is 2.26. The molecule has 7 heteroatoms. The number of ether oxygens (including phenoxy) is 1. The van der Waals surface area contributed by atoms with E-state index in [1.807, 2.05) is 18.2 Å². The van der Waals surface area contributed by atoms with Gasteiger partial charge >= 0.3 is 0 Å². The molecule has 1 aliphatic heterocycles. The van der Waals surface area contributed by atoms with Crippen molar-refractivity contribution >= 4 is 11.7 Å². The van der Waals surface area contributed by atoms with Crippen LogP contribution in [0.4, 0.5) is 5.82 Å². The third-order valence-corrected chi connectivity index (χ3v) is 4.32. The second-order valence-corrected chi connectivity index (χ2v) is 5.98. The number of nitrogens with zero attached hydrogens (tertiary/aromatic N) is 3. The topological polar surface area (TPSA) is 94.5 Å². The molecule has 1 amide bonds. The summed E-state index contributed by atoms with van der Waals surface area (Å²) in [6.45, 7) is 2.39. The van der Waals surface area contributed by atoms with Gasteiger partial charge in [0, 0.05) is 29.8 Å². The Morgan fingerprint density at radius 1 is 1.08 bits per heavy atom. The zero-order chi connectivity index (χ0) is 17.9. The van der Waals surface area contributed by atoms with Crippen LogP contribution in [0.15, 0.2) is 53.5 Å². The molecule has 0 radical (unpaired) electrons. The van der Waals surface area contributed by atoms with Gasteiger partial charge in [-0.3, -0.25) is 4.79 Å². The van der Waals surface area contributed by atoms with Crippen molar-refractivity contribution in [1.29, 1.82) is 0 Å². The number of morpholine rings is 1. The van der Waals surface area contributed by atoms with E-state index in [1.165, 1.54) is 0 Å². The standard InChI is InChI=1S/C19H18N4O3/c20-18-17(22-16(11-21-18)15-5-8-26-12-15)13-1-3-14(4-2-13)19(24)23-6-9-25-10-7-23/h1-5,8,11-12H,6-7,9-10H2,(H2,20,21). The van der Waals surface area contributed by atoms with Gasteiger partial charge in [-0.2, -0.15) is 0 Å². The Labute approximate surface area is 150 Å². The highest BCUT2D eigenvalue weighted by molar-refractivity contribution is 5.95. The van der Waals surface area contributed by atoms with Crippen molar-refractivity contribution in [3.8, 4) is 22.5 Å². The Bertz CT molecular complexity index is 901. The number of hydrogen-bond donors (Lipinski definition) is 1. The van der Waals surface area contributed by atoms with Crippen LogP contribution in [0.3, 0.4) is 0 Å². The maximum absolute atomic E-state index is 12.5. The molecule has 3 aromatic rings. The van der Waals surface area contributed by atoms with Crippen LogP contribution in [-0.2, 0) is 4.74 Å². The molecule has 0 saturated carbocycles. The van der Waals surface area contributed by atoms with Crippen LogP contribution in [0, 0.1) is 0 Å². The highest BCUT2D eigenvalue weighted by atomic mass is 16.5. The van der Waals surface area contributed by atoms with E-state index in [1.54, 1.807) is 35.8 Å². The SMILES string of the molecule is Nc1ncc(-c2ccoc2)nc1-c1ccc(C(=O)N2CCOCC2)cc1. The molecule has 0 spiro atoms. The number of carbonyl (C=O) groups is 1. The summed E-state index contributed by atoms with van der Waals surface area (Å²) >= 11 is 0. The summed E-state index contributed by atoms with van der Waals surface area (Å²) in [5, 5.41) is 0. The fourth-order valence-electron chi connectivity index (χ4n) is 2.88. The molecule has 0 atom stereocenters. The number of rotatable bonds is 3. The second kappa shape index (κ2) is 6.97. The number of carbonyl (C=O) groups excluding carboxylic acids is 1. The van der Waals surface area contributed by atoms with Crippen molar-refractivity contribution in [3.63, 3.8) is 0 Å². The summed E-state index contributed by atoms with van der Waals surface area (Å²) in [5.41, 5.74) is 9.53. The van der Waals surface area contributed by atoms with Crippen LogP contribution in [0.2, 0.25) is 0 Å². The molecule has 7 nitrogen and oxygen atoms in total. The van der Waals surface area contributed by atoms with Gasteiger partial charge in [-0.05, 0) is 18.2 Å². The molecule has 2 N–H and O–H groups in total. The summed E-state index contributed by atoms with van der Waals surface area (Å²) in [6, 6.07) is 9.08. The van der Waals surface area contributed by atoms with Gasteiger partial charge in [0.15, 0.2) is 0 Å². The molecular formula is C19H18N4O3. The van der Waals surface area contributed by atoms with Gasteiger partial charge in [0.25, 0.3) is 5.91 Å². The lowest BCUT2D eigenvalue weighted by atomic mass is 10.1. The molecule has 4 rings (SSSR count). The fourth-order valence-corrected chi connectivity index (χ4v) is 2.88. The molecule has 1 saturated heterocycles. The van der Waals surface area contributed by atoms with E-state index in [-0.39, 0.29) is 5.91 Å². The monoisotopic (exact) mass is 350 g/mol. The number of nitrogens with two attached hydrogens (primary N) is 1. The van der Waals surface area contributed by atoms with Crippen molar-refractivity contribution in [1.82, 2.24) is 14.9 Å². The number of hydrogen-bond acceptors (Lipinski definition) is 6. The fraction of sp³-hybridized carbons (Fsp3) is 0.211. The predicted octanol–water partition coefficient (Wildman–Crippen LogP) is 2.46. The van der Waals surface area contributed by atoms with Crippen molar-refractivity contribution in [3.05, 3.63) is 54.6 Å². The lowest BCUT2D eigenvalue weighted by molar-refractivity contribution is 0.0303. The molecular weight excluding hydrogens is 332 g/mol. The highest BCUT2D eigenvalue weighted by Gasteiger charge is 2.18. The second-order valence-electron chi connectivity index (χ2n) is 5.98. The summed E-state index contributed by atoms with van der Waals surface area (Å²) in [5.74, 6) is 0.343. The van der Waals surface area contributed by atoms with Gasteiger partial charge in [-0.1, -0.05) is 12.1 Å². The van der Waals surface area contributed by atoms with Crippen LogP contribution in [0.1, 0.15) is 10.4 Å². The Balaban J connectivity index is 1.60. The normalized spacial score (nSPS) is 14.4. The molecule has 1 fully saturated rings. The third kappa shape index (κ3) is 3.16. The number of aromatic nitrogens is 2. The van der Waals surface area contributed by atoms with Gasteiger partial charge in [0.2, 0.25) is 0 Å². The van der Waals surface area contributed by atoms with Crippen molar-refractivity contribution < 1.29 is 13.9 Å². The van der Waals surface area contributed by atoms with E-state index in [2.05, 4.69) is 9.97 Å². The lowest BCUT2D eigenvalue weighted by Gasteiger charge is -2.26. The van der Waals surface area contributed by atoms with Crippen LogP contribution >= 0.6 is 0 Å². The minimum absolute atomic E-state index is 0.00561. The van der Waals surface area contributed by atoms with E-state index in [9.17, 15) is 4.79 Å². The Kier molecular flexibility index (Phi) is 4.37. The van der Waals surface area contributed by atoms with Crippen LogP contribution in [0.5, 0.6) is 0 Å². The first-order valence-electron chi connectivity index (χ1n) is 8.35. The van der Waals surface area contributed by atoms with Crippen LogP contribution in [0.25, 0.3) is 22.5 Å². The van der Waals surface area contributed by atoms with E-state index in [0.717, 1.165) is 11.1 Å². The Hall–Kier alpha value is -3.19. The van der Waals surface area contributed by atoms with Gasteiger partial charge in [-0.25, -0.2) is 9.97 Å². The number of nitrogen functional groups attached to an aromatic ring is 1. The molecule has 3 heterocycles. The van der Waals surface area contributed by atoms with Gasteiger partial charge < -0.3 is 19.8 Å². The first-order valence-corrected chi connectivity index (χ1v) is 8.35.